The number of nitrogens with zero attached hydrogens (tertiary/aromatic N) is 5. The van der Waals surface area contributed by atoms with E-state index in [2.05, 4.69) is 23.8 Å². The highest BCUT2D eigenvalue weighted by Gasteiger charge is 2.51. The number of phosphoric ester groups is 2. The van der Waals surface area contributed by atoms with Crippen LogP contribution in [-0.2, 0) is 32.0 Å². The predicted octanol–water partition coefficient (Wildman–Crippen LogP) is -3.99. The van der Waals surface area contributed by atoms with Crippen LogP contribution in [0, 0.1) is 0 Å². The Labute approximate surface area is 236 Å². The Hall–Kier alpha value is -1.75. The number of nitrogen functional groups attached to an aromatic ring is 1. The van der Waals surface area contributed by atoms with E-state index in [9.17, 15) is 44.4 Å². The number of aliphatic hydroxyl groups excluding tert-OH is 6. The number of fused-ring (bicyclic) bond motifs is 1. The Kier molecular flexibility index (Phi) is 10.0. The van der Waals surface area contributed by atoms with Gasteiger partial charge >= 0.3 is 15.6 Å². The summed E-state index contributed by atoms with van der Waals surface area (Å²) in [6, 6.07) is -0.771. The van der Waals surface area contributed by atoms with E-state index in [1.165, 1.54) is 17.2 Å². The molecule has 23 heteroatoms. The van der Waals surface area contributed by atoms with Crippen molar-refractivity contribution in [1.82, 2.24) is 24.4 Å². The standard InChI is InChI=1S/C19H32N6O15P2/c1-24(2)10-11(28)8(37-18(10)25-6-23-9-16(20)21-5-22-17(9)25)4-36-41(32,33)40-42(34,35)39-19-14(31)12(29)13(30)15(38-19)7(27)3-26/h5-8,10-15,18-19,26-31H,3-4H2,1-2H3,(H,32,33)(H,34,35)(H2,20,21,22)/t7-,8+,10+,11+,12?,13?,14?,15?,18+,19?/m0/s1. The third kappa shape index (κ3) is 6.81. The lowest BCUT2D eigenvalue weighted by molar-refractivity contribution is -0.292. The van der Waals surface area contributed by atoms with E-state index in [1.54, 1.807) is 19.0 Å². The molecule has 2 aliphatic rings. The molecule has 4 rings (SSSR count). The summed E-state index contributed by atoms with van der Waals surface area (Å²) in [5, 5.41) is 59.7. The summed E-state index contributed by atoms with van der Waals surface area (Å²) in [5.41, 5.74) is 6.38. The van der Waals surface area contributed by atoms with Crippen molar-refractivity contribution in [3.63, 3.8) is 0 Å². The number of hydrogen-bond acceptors (Lipinski definition) is 18. The van der Waals surface area contributed by atoms with E-state index in [1.807, 2.05) is 0 Å². The Bertz CT molecular complexity index is 1340. The minimum absolute atomic E-state index is 0.101. The molecule has 0 radical (unpaired) electrons. The lowest BCUT2D eigenvalue weighted by Gasteiger charge is -2.41. The molecule has 21 nitrogen and oxygen atoms in total. The number of phosphoric acid groups is 2. The maximum Gasteiger partial charge on any atom is 0.483 e. The number of imidazole rings is 1. The van der Waals surface area contributed by atoms with Crippen LogP contribution in [0.2, 0.25) is 0 Å². The van der Waals surface area contributed by atoms with Gasteiger partial charge in [-0.3, -0.25) is 18.5 Å². The number of ether oxygens (including phenoxy) is 2. The molecule has 2 aromatic heterocycles. The number of nitrogens with two attached hydrogens (primary N) is 1. The number of rotatable bonds is 11. The number of anilines is 1. The molecule has 42 heavy (non-hydrogen) atoms. The summed E-state index contributed by atoms with van der Waals surface area (Å²) >= 11 is 0. The highest BCUT2D eigenvalue weighted by Crippen LogP contribution is 2.61. The van der Waals surface area contributed by atoms with Crippen molar-refractivity contribution in [3.8, 4) is 0 Å². The first kappa shape index (κ1) is 33.1. The Balaban J connectivity index is 1.42. The first-order valence-electron chi connectivity index (χ1n) is 12.2. The molecular formula is C19H32N6O15P2. The summed E-state index contributed by atoms with van der Waals surface area (Å²) in [4.78, 5) is 33.9. The van der Waals surface area contributed by atoms with E-state index < -0.39 is 90.1 Å². The topological polar surface area (TPSA) is 315 Å². The maximum atomic E-state index is 12.5. The molecule has 238 valence electrons. The van der Waals surface area contributed by atoms with E-state index in [4.69, 9.17) is 24.8 Å². The molecule has 0 saturated carbocycles. The number of aliphatic hydroxyl groups is 6. The van der Waals surface area contributed by atoms with Crippen molar-refractivity contribution in [1.29, 1.82) is 0 Å². The molecule has 0 aliphatic carbocycles. The molecule has 2 aromatic rings. The fraction of sp³-hybridized carbons (Fsp3) is 0.737. The van der Waals surface area contributed by atoms with Gasteiger partial charge < -0.3 is 55.6 Å². The van der Waals surface area contributed by atoms with Crippen LogP contribution < -0.4 is 5.73 Å². The van der Waals surface area contributed by atoms with Gasteiger partial charge in [-0.2, -0.15) is 4.31 Å². The molecule has 2 aliphatic heterocycles. The van der Waals surface area contributed by atoms with E-state index in [-0.39, 0.29) is 17.0 Å². The Morgan fingerprint density at radius 1 is 1.05 bits per heavy atom. The van der Waals surface area contributed by atoms with Gasteiger partial charge in [-0.15, -0.1) is 0 Å². The van der Waals surface area contributed by atoms with Gasteiger partial charge in [-0.1, -0.05) is 0 Å². The minimum atomic E-state index is -5.63. The molecule has 2 saturated heterocycles. The van der Waals surface area contributed by atoms with E-state index in [0.717, 1.165) is 0 Å². The lowest BCUT2D eigenvalue weighted by Crippen LogP contribution is -2.61. The van der Waals surface area contributed by atoms with Gasteiger partial charge in [-0.25, -0.2) is 24.1 Å². The molecule has 7 unspecified atom stereocenters. The third-order valence-corrected chi connectivity index (χ3v) is 9.21. The summed E-state index contributed by atoms with van der Waals surface area (Å²) in [7, 11) is -7.81. The Morgan fingerprint density at radius 2 is 1.74 bits per heavy atom. The SMILES string of the molecule is CN(C)[C@@H]1[C@H](O)[C@@H](COP(=O)(O)OP(=O)(O)OC2OC([C@@H](O)CO)C(O)C(O)C2O)O[C@H]1n1cnc2c(N)ncnc21. The number of likely N-dealkylation sites (N-methyl/N-ethyl adjacent to an activating group) is 1. The average Bonchev–Trinajstić information content (AvgIpc) is 3.48. The van der Waals surface area contributed by atoms with E-state index >= 15 is 0 Å². The average molecular weight is 646 g/mol. The van der Waals surface area contributed by atoms with Crippen molar-refractivity contribution in [2.75, 3.05) is 33.0 Å². The van der Waals surface area contributed by atoms with Crippen molar-refractivity contribution in [3.05, 3.63) is 12.7 Å². The molecule has 0 bridgehead atoms. The minimum Gasteiger partial charge on any atom is -0.394 e. The fourth-order valence-corrected chi connectivity index (χ4v) is 6.73. The molecule has 0 amide bonds. The van der Waals surface area contributed by atoms with Crippen LogP contribution in [-0.4, -0.2) is 147 Å². The number of hydrogen-bond donors (Lipinski definition) is 9. The van der Waals surface area contributed by atoms with Gasteiger partial charge in [0.25, 0.3) is 0 Å². The molecule has 2 fully saturated rings. The molecule has 4 heterocycles. The second-order valence-electron chi connectivity index (χ2n) is 9.70. The molecule has 0 aromatic carbocycles. The smallest absolute Gasteiger partial charge is 0.394 e. The summed E-state index contributed by atoms with van der Waals surface area (Å²) in [6.45, 7) is -1.80. The quantitative estimate of drug-likeness (QED) is 0.105. The van der Waals surface area contributed by atoms with Crippen molar-refractivity contribution in [2.24, 2.45) is 0 Å². The zero-order valence-electron chi connectivity index (χ0n) is 22.0. The van der Waals surface area contributed by atoms with Crippen LogP contribution in [0.1, 0.15) is 6.23 Å². The first-order valence-corrected chi connectivity index (χ1v) is 15.2. The van der Waals surface area contributed by atoms with Crippen LogP contribution in [0.3, 0.4) is 0 Å². The molecule has 10 N–H and O–H groups in total. The van der Waals surface area contributed by atoms with Crippen LogP contribution in [0.4, 0.5) is 5.82 Å². The number of aromatic nitrogens is 4. The van der Waals surface area contributed by atoms with Crippen LogP contribution in [0.5, 0.6) is 0 Å². The predicted molar refractivity (Wildman–Crippen MR) is 135 cm³/mol. The van der Waals surface area contributed by atoms with Crippen LogP contribution >= 0.6 is 15.6 Å². The summed E-state index contributed by atoms with van der Waals surface area (Å²) < 4.78 is 50.9. The highest BCUT2D eigenvalue weighted by molar-refractivity contribution is 7.61. The van der Waals surface area contributed by atoms with Gasteiger partial charge in [-0.05, 0) is 14.1 Å². The first-order chi connectivity index (χ1) is 19.6. The third-order valence-electron chi connectivity index (χ3n) is 6.61. The molecule has 12 atom stereocenters. The van der Waals surface area contributed by atoms with Gasteiger partial charge in [0.1, 0.15) is 54.6 Å². The van der Waals surface area contributed by atoms with Gasteiger partial charge in [0.15, 0.2) is 24.0 Å². The monoisotopic (exact) mass is 646 g/mol. The second kappa shape index (κ2) is 12.7. The molecular weight excluding hydrogens is 614 g/mol. The van der Waals surface area contributed by atoms with Crippen molar-refractivity contribution in [2.45, 2.75) is 61.3 Å². The Morgan fingerprint density at radius 3 is 2.38 bits per heavy atom. The normalized spacial score (nSPS) is 35.7. The fourth-order valence-electron chi connectivity index (χ4n) is 4.57. The van der Waals surface area contributed by atoms with Gasteiger partial charge in [0.2, 0.25) is 0 Å². The zero-order chi connectivity index (χ0) is 31.1. The van der Waals surface area contributed by atoms with Crippen LogP contribution in [0.25, 0.3) is 11.2 Å². The van der Waals surface area contributed by atoms with Crippen LogP contribution in [0.15, 0.2) is 12.7 Å². The van der Waals surface area contributed by atoms with Crippen molar-refractivity contribution < 1.29 is 72.4 Å². The molecule has 0 spiro atoms. The zero-order valence-corrected chi connectivity index (χ0v) is 23.8. The second-order valence-corrected chi connectivity index (χ2v) is 12.7. The van der Waals surface area contributed by atoms with Gasteiger partial charge in [0, 0.05) is 0 Å². The lowest BCUT2D eigenvalue weighted by atomic mass is 9.96. The summed E-state index contributed by atoms with van der Waals surface area (Å²) in [5.74, 6) is 0.101. The van der Waals surface area contributed by atoms with Gasteiger partial charge in [0.05, 0.1) is 25.6 Å². The summed E-state index contributed by atoms with van der Waals surface area (Å²) in [6.07, 6.45) is -13.1. The van der Waals surface area contributed by atoms with E-state index in [0.29, 0.717) is 0 Å². The highest BCUT2D eigenvalue weighted by atomic mass is 31.3. The maximum absolute atomic E-state index is 12.5. The van der Waals surface area contributed by atoms with Crippen molar-refractivity contribution >= 4 is 32.6 Å². The largest absolute Gasteiger partial charge is 0.483 e.